The summed E-state index contributed by atoms with van der Waals surface area (Å²) < 4.78 is 4.18. The van der Waals surface area contributed by atoms with Gasteiger partial charge >= 0.3 is 0 Å². The van der Waals surface area contributed by atoms with Gasteiger partial charge in [0, 0.05) is 4.88 Å². The van der Waals surface area contributed by atoms with Gasteiger partial charge < -0.3 is 0 Å². The molecule has 1 aromatic heterocycles. The van der Waals surface area contributed by atoms with Crippen LogP contribution in [-0.4, -0.2) is 4.37 Å². The molecule has 0 bridgehead atoms. The molecule has 0 fully saturated rings. The Morgan fingerprint density at radius 1 is 1.73 bits per heavy atom. The summed E-state index contributed by atoms with van der Waals surface area (Å²) in [6.45, 7) is 4.14. The molecule has 1 heterocycles. The summed E-state index contributed by atoms with van der Waals surface area (Å²) in [4.78, 5) is 1.20. The van der Waals surface area contributed by atoms with Crippen LogP contribution >= 0.6 is 23.1 Å². The Bertz CT molecular complexity index is 222. The molecule has 0 aliphatic heterocycles. The first-order valence-corrected chi connectivity index (χ1v) is 5.02. The van der Waals surface area contributed by atoms with Crippen molar-refractivity contribution >= 4 is 23.1 Å². The van der Waals surface area contributed by atoms with E-state index in [1.54, 1.807) is 0 Å². The van der Waals surface area contributed by atoms with E-state index in [4.69, 9.17) is 11.6 Å². The molecule has 0 radical (unpaired) electrons. The van der Waals surface area contributed by atoms with E-state index in [9.17, 15) is 0 Å². The normalized spacial score (nSPS) is 13.4. The van der Waals surface area contributed by atoms with Gasteiger partial charge in [-0.1, -0.05) is 13.3 Å². The molecule has 0 saturated carbocycles. The van der Waals surface area contributed by atoms with Crippen LogP contribution < -0.4 is 0 Å². The Labute approximate surface area is 76.6 Å². The summed E-state index contributed by atoms with van der Waals surface area (Å²) in [7, 11) is 0. The van der Waals surface area contributed by atoms with E-state index in [2.05, 4.69) is 17.4 Å². The van der Waals surface area contributed by atoms with Gasteiger partial charge in [-0.15, -0.1) is 11.6 Å². The largest absolute Gasteiger partial charge is 0.198 e. The molecule has 3 heteroatoms. The zero-order valence-electron chi connectivity index (χ0n) is 6.80. The lowest BCUT2D eigenvalue weighted by molar-refractivity contribution is 0.779. The summed E-state index contributed by atoms with van der Waals surface area (Å²) in [6, 6.07) is 2.07. The summed E-state index contributed by atoms with van der Waals surface area (Å²) in [5.41, 5.74) is 1.08. The van der Waals surface area contributed by atoms with E-state index < -0.39 is 0 Å². The smallest absolute Gasteiger partial charge is 0.0694 e. The van der Waals surface area contributed by atoms with E-state index in [-0.39, 0.29) is 5.38 Å². The molecule has 0 spiro atoms. The maximum absolute atomic E-state index is 6.09. The number of alkyl halides is 1. The predicted molar refractivity (Wildman–Crippen MR) is 50.4 cm³/mol. The second-order valence-electron chi connectivity index (χ2n) is 2.63. The Morgan fingerprint density at radius 2 is 2.45 bits per heavy atom. The van der Waals surface area contributed by atoms with Gasteiger partial charge in [-0.05, 0) is 30.9 Å². The fraction of sp³-hybridized carbons (Fsp3) is 0.625. The molecular weight excluding hydrogens is 178 g/mol. The maximum atomic E-state index is 6.09. The standard InChI is InChI=1S/C8H12ClNS/c1-3-4-7(9)8-5-6(2)10-11-8/h5,7H,3-4H2,1-2H3. The van der Waals surface area contributed by atoms with Crippen LogP contribution in [0, 0.1) is 6.92 Å². The summed E-state index contributed by atoms with van der Waals surface area (Å²) >= 11 is 7.61. The third kappa shape index (κ3) is 2.46. The lowest BCUT2D eigenvalue weighted by Gasteiger charge is -2.01. The second kappa shape index (κ2) is 4.07. The van der Waals surface area contributed by atoms with Crippen LogP contribution in [0.1, 0.15) is 35.7 Å². The van der Waals surface area contributed by atoms with Gasteiger partial charge in [-0.2, -0.15) is 4.37 Å². The van der Waals surface area contributed by atoms with Gasteiger partial charge in [-0.3, -0.25) is 0 Å². The minimum atomic E-state index is 0.172. The van der Waals surface area contributed by atoms with E-state index in [1.807, 2.05) is 6.92 Å². The number of rotatable bonds is 3. The lowest BCUT2D eigenvalue weighted by atomic mass is 10.2. The zero-order chi connectivity index (χ0) is 8.27. The molecule has 1 aromatic rings. The highest BCUT2D eigenvalue weighted by Gasteiger charge is 2.08. The first-order valence-electron chi connectivity index (χ1n) is 3.81. The summed E-state index contributed by atoms with van der Waals surface area (Å²) in [6.07, 6.45) is 2.17. The molecule has 0 aromatic carbocycles. The van der Waals surface area contributed by atoms with E-state index >= 15 is 0 Å². The molecule has 62 valence electrons. The highest BCUT2D eigenvalue weighted by Crippen LogP contribution is 2.28. The molecule has 0 N–H and O–H groups in total. The monoisotopic (exact) mass is 189 g/mol. The van der Waals surface area contributed by atoms with Gasteiger partial charge in [0.2, 0.25) is 0 Å². The SMILES string of the molecule is CCCC(Cl)c1cc(C)ns1. The molecule has 1 rings (SSSR count). The topological polar surface area (TPSA) is 12.9 Å². The second-order valence-corrected chi connectivity index (χ2v) is 3.99. The van der Waals surface area contributed by atoms with Crippen LogP contribution in [0.25, 0.3) is 0 Å². The zero-order valence-corrected chi connectivity index (χ0v) is 8.37. The molecule has 1 unspecified atom stereocenters. The summed E-state index contributed by atoms with van der Waals surface area (Å²) in [5, 5.41) is 0.172. The fourth-order valence-corrected chi connectivity index (χ4v) is 2.08. The van der Waals surface area contributed by atoms with Gasteiger partial charge in [0.05, 0.1) is 11.1 Å². The van der Waals surface area contributed by atoms with Crippen LogP contribution in [0.2, 0.25) is 0 Å². The minimum absolute atomic E-state index is 0.172. The molecule has 11 heavy (non-hydrogen) atoms. The van der Waals surface area contributed by atoms with Gasteiger partial charge in [-0.25, -0.2) is 0 Å². The average Bonchev–Trinajstić information content (AvgIpc) is 2.36. The van der Waals surface area contributed by atoms with Crippen molar-refractivity contribution in [3.05, 3.63) is 16.6 Å². The van der Waals surface area contributed by atoms with Crippen molar-refractivity contribution in [3.8, 4) is 0 Å². The number of halogens is 1. The number of hydrogen-bond donors (Lipinski definition) is 0. The van der Waals surface area contributed by atoms with Crippen molar-refractivity contribution in [1.29, 1.82) is 0 Å². The van der Waals surface area contributed by atoms with Gasteiger partial charge in [0.1, 0.15) is 0 Å². The molecule has 0 saturated heterocycles. The third-order valence-corrected chi connectivity index (χ3v) is 3.07. The molecule has 1 atom stereocenters. The van der Waals surface area contributed by atoms with Crippen molar-refractivity contribution < 1.29 is 0 Å². The maximum Gasteiger partial charge on any atom is 0.0694 e. The predicted octanol–water partition coefficient (Wildman–Crippen LogP) is 3.53. The highest BCUT2D eigenvalue weighted by atomic mass is 35.5. The fourth-order valence-electron chi connectivity index (χ4n) is 0.927. The van der Waals surface area contributed by atoms with Crippen molar-refractivity contribution in [2.45, 2.75) is 32.1 Å². The summed E-state index contributed by atoms with van der Waals surface area (Å²) in [5.74, 6) is 0. The first kappa shape index (κ1) is 9.01. The van der Waals surface area contributed by atoms with Crippen molar-refractivity contribution in [2.24, 2.45) is 0 Å². The number of nitrogens with zero attached hydrogens (tertiary/aromatic N) is 1. The van der Waals surface area contributed by atoms with Crippen molar-refractivity contribution in [3.63, 3.8) is 0 Å². The Balaban J connectivity index is 2.60. The van der Waals surface area contributed by atoms with Gasteiger partial charge in [0.15, 0.2) is 0 Å². The molecule has 0 aliphatic rings. The Kier molecular flexibility index (Phi) is 3.34. The highest BCUT2D eigenvalue weighted by molar-refractivity contribution is 7.06. The first-order chi connectivity index (χ1) is 5.24. The van der Waals surface area contributed by atoms with Crippen LogP contribution in [-0.2, 0) is 0 Å². The quantitative estimate of drug-likeness (QED) is 0.663. The van der Waals surface area contributed by atoms with Crippen LogP contribution in [0.5, 0.6) is 0 Å². The molecule has 0 aliphatic carbocycles. The van der Waals surface area contributed by atoms with Gasteiger partial charge in [0.25, 0.3) is 0 Å². The van der Waals surface area contributed by atoms with Crippen LogP contribution in [0.3, 0.4) is 0 Å². The average molecular weight is 190 g/mol. The Morgan fingerprint density at radius 3 is 2.91 bits per heavy atom. The number of hydrogen-bond acceptors (Lipinski definition) is 2. The Hall–Kier alpha value is -0.0800. The molecule has 0 amide bonds. The van der Waals surface area contributed by atoms with E-state index in [0.717, 1.165) is 18.5 Å². The molecule has 1 nitrogen and oxygen atoms in total. The van der Waals surface area contributed by atoms with E-state index in [1.165, 1.54) is 16.4 Å². The third-order valence-electron chi connectivity index (χ3n) is 1.50. The van der Waals surface area contributed by atoms with E-state index in [0.29, 0.717) is 0 Å². The minimum Gasteiger partial charge on any atom is -0.198 e. The van der Waals surface area contributed by atoms with Crippen molar-refractivity contribution in [1.82, 2.24) is 4.37 Å². The number of aromatic nitrogens is 1. The van der Waals surface area contributed by atoms with Crippen LogP contribution in [0.4, 0.5) is 0 Å². The lowest BCUT2D eigenvalue weighted by Crippen LogP contribution is -1.83. The van der Waals surface area contributed by atoms with Crippen molar-refractivity contribution in [2.75, 3.05) is 0 Å². The van der Waals surface area contributed by atoms with Crippen LogP contribution in [0.15, 0.2) is 6.07 Å². The molecular formula is C8H12ClNS. The number of aryl methyl sites for hydroxylation is 1.